The van der Waals surface area contributed by atoms with Gasteiger partial charge < -0.3 is 10.6 Å². The normalized spacial score (nSPS) is 19.7. The number of piperidine rings is 1. The third-order valence-electron chi connectivity index (χ3n) is 3.87. The minimum atomic E-state index is -4.16. The van der Waals surface area contributed by atoms with Crippen molar-refractivity contribution in [2.24, 2.45) is 11.7 Å². The van der Waals surface area contributed by atoms with Crippen LogP contribution in [0.2, 0.25) is 0 Å². The molecule has 1 unspecified atom stereocenters. The van der Waals surface area contributed by atoms with Crippen LogP contribution in [0.3, 0.4) is 0 Å². The van der Waals surface area contributed by atoms with Crippen molar-refractivity contribution < 1.29 is 22.0 Å². The van der Waals surface area contributed by atoms with E-state index in [-0.39, 0.29) is 38.0 Å². The Morgan fingerprint density at radius 1 is 1.19 bits per heavy atom. The summed E-state index contributed by atoms with van der Waals surface area (Å²) >= 11 is 0. The molecule has 118 valence electrons. The Morgan fingerprint density at radius 2 is 1.81 bits per heavy atom. The number of halogens is 5. The molecule has 2 nitrogen and oxygen atoms in total. The fraction of sp³-hybridized carbons (Fsp3) is 0.571. The molecule has 7 heteroatoms. The van der Waals surface area contributed by atoms with Crippen LogP contribution in [0.15, 0.2) is 18.2 Å². The number of hydrogen-bond acceptors (Lipinski definition) is 2. The van der Waals surface area contributed by atoms with Crippen LogP contribution in [0.4, 0.5) is 22.0 Å². The lowest BCUT2D eigenvalue weighted by Gasteiger charge is -2.34. The third kappa shape index (κ3) is 4.14. The quantitative estimate of drug-likeness (QED) is 0.869. The monoisotopic (exact) mass is 308 g/mol. The summed E-state index contributed by atoms with van der Waals surface area (Å²) in [6.45, 7) is 0.814. The summed E-state index contributed by atoms with van der Waals surface area (Å²) in [5.41, 5.74) is 6.05. The molecular weight excluding hydrogens is 291 g/mol. The fourth-order valence-electron chi connectivity index (χ4n) is 2.62. The van der Waals surface area contributed by atoms with Gasteiger partial charge in [0, 0.05) is 24.2 Å². The van der Waals surface area contributed by atoms with E-state index >= 15 is 0 Å². The number of likely N-dealkylation sites (tertiary alicyclic amines) is 1. The van der Waals surface area contributed by atoms with Crippen LogP contribution in [-0.2, 0) is 0 Å². The zero-order valence-electron chi connectivity index (χ0n) is 11.3. The predicted molar refractivity (Wildman–Crippen MR) is 68.5 cm³/mol. The maximum atomic E-state index is 13.6. The first-order chi connectivity index (χ1) is 9.77. The second-order valence-corrected chi connectivity index (χ2v) is 5.39. The predicted octanol–water partition coefficient (Wildman–Crippen LogP) is 3.24. The molecule has 0 aromatic heterocycles. The molecule has 1 aliphatic rings. The molecule has 2 rings (SSSR count). The molecule has 1 aliphatic heterocycles. The van der Waals surface area contributed by atoms with Crippen LogP contribution < -0.4 is 5.73 Å². The Hall–Kier alpha value is -1.21. The van der Waals surface area contributed by atoms with Crippen molar-refractivity contribution >= 4 is 0 Å². The van der Waals surface area contributed by atoms with Gasteiger partial charge in [-0.15, -0.1) is 0 Å². The Kier molecular flexibility index (Phi) is 4.83. The van der Waals surface area contributed by atoms with Crippen molar-refractivity contribution in [2.75, 3.05) is 19.6 Å². The molecule has 1 fully saturated rings. The zero-order valence-corrected chi connectivity index (χ0v) is 11.3. The number of nitrogens with zero attached hydrogens (tertiary/aromatic N) is 1. The van der Waals surface area contributed by atoms with E-state index in [9.17, 15) is 22.0 Å². The summed E-state index contributed by atoms with van der Waals surface area (Å²) < 4.78 is 64.1. The largest absolute Gasteiger partial charge is 0.391 e. The van der Waals surface area contributed by atoms with Gasteiger partial charge in [-0.25, -0.2) is 8.78 Å². The van der Waals surface area contributed by atoms with Crippen LogP contribution >= 0.6 is 0 Å². The molecule has 21 heavy (non-hydrogen) atoms. The summed E-state index contributed by atoms with van der Waals surface area (Å²) in [6.07, 6.45) is -4.10. The maximum absolute atomic E-state index is 13.6. The van der Waals surface area contributed by atoms with E-state index in [0.29, 0.717) is 0 Å². The Bertz CT molecular complexity index is 481. The van der Waals surface area contributed by atoms with Gasteiger partial charge in [0.25, 0.3) is 0 Å². The Balaban J connectivity index is 1.91. The van der Waals surface area contributed by atoms with Gasteiger partial charge in [0.1, 0.15) is 11.6 Å². The molecule has 1 heterocycles. The van der Waals surface area contributed by atoms with Crippen LogP contribution in [0.1, 0.15) is 24.4 Å². The summed E-state index contributed by atoms with van der Waals surface area (Å²) in [5, 5.41) is 0. The zero-order chi connectivity index (χ0) is 15.6. The minimum absolute atomic E-state index is 0.0299. The number of nitrogens with two attached hydrogens (primary N) is 1. The van der Waals surface area contributed by atoms with Crippen LogP contribution in [0, 0.1) is 17.6 Å². The molecule has 0 aliphatic carbocycles. The van der Waals surface area contributed by atoms with E-state index in [2.05, 4.69) is 0 Å². The van der Waals surface area contributed by atoms with Gasteiger partial charge in [-0.3, -0.25) is 0 Å². The fourth-order valence-corrected chi connectivity index (χ4v) is 2.62. The van der Waals surface area contributed by atoms with Gasteiger partial charge in [0.15, 0.2) is 0 Å². The van der Waals surface area contributed by atoms with Gasteiger partial charge in [-0.05, 0) is 32.0 Å². The SMILES string of the molecule is NC(CN1CCC(C(F)(F)F)CC1)c1ccc(F)cc1F. The molecule has 1 saturated heterocycles. The minimum Gasteiger partial charge on any atom is -0.323 e. The van der Waals surface area contributed by atoms with Gasteiger partial charge in [0.05, 0.1) is 5.92 Å². The molecule has 2 N–H and O–H groups in total. The standard InChI is InChI=1S/C14H17F5N2/c15-10-1-2-11(12(16)7-10)13(20)8-21-5-3-9(4-6-21)14(17,18)19/h1-2,7,9,13H,3-6,8,20H2. The van der Waals surface area contributed by atoms with E-state index in [0.717, 1.165) is 12.1 Å². The van der Waals surface area contributed by atoms with Crippen molar-refractivity contribution in [2.45, 2.75) is 25.1 Å². The summed E-state index contributed by atoms with van der Waals surface area (Å²) in [7, 11) is 0. The second-order valence-electron chi connectivity index (χ2n) is 5.39. The third-order valence-corrected chi connectivity index (χ3v) is 3.87. The summed E-state index contributed by atoms with van der Waals surface area (Å²) in [5.74, 6) is -2.69. The van der Waals surface area contributed by atoms with Gasteiger partial charge >= 0.3 is 6.18 Å². The topological polar surface area (TPSA) is 29.3 Å². The average molecular weight is 308 g/mol. The first kappa shape index (κ1) is 16.2. The van der Waals surface area contributed by atoms with Gasteiger partial charge in [-0.1, -0.05) is 6.07 Å². The summed E-state index contributed by atoms with van der Waals surface area (Å²) in [6, 6.07) is 2.46. The van der Waals surface area contributed by atoms with E-state index in [1.807, 2.05) is 0 Å². The number of alkyl halides is 3. The number of benzene rings is 1. The molecular formula is C14H17F5N2. The number of hydrogen-bond donors (Lipinski definition) is 1. The molecule has 0 spiro atoms. The molecule has 0 amide bonds. The highest BCUT2D eigenvalue weighted by Crippen LogP contribution is 2.34. The van der Waals surface area contributed by atoms with Crippen molar-refractivity contribution in [3.63, 3.8) is 0 Å². The highest BCUT2D eigenvalue weighted by molar-refractivity contribution is 5.22. The lowest BCUT2D eigenvalue weighted by Crippen LogP contribution is -2.42. The summed E-state index contributed by atoms with van der Waals surface area (Å²) in [4.78, 5) is 1.79. The molecule has 1 aromatic rings. The van der Waals surface area contributed by atoms with Gasteiger partial charge in [-0.2, -0.15) is 13.2 Å². The Morgan fingerprint density at radius 3 is 2.33 bits per heavy atom. The van der Waals surface area contributed by atoms with Crippen LogP contribution in [-0.4, -0.2) is 30.7 Å². The molecule has 0 bridgehead atoms. The van der Waals surface area contributed by atoms with Crippen molar-refractivity contribution in [3.8, 4) is 0 Å². The van der Waals surface area contributed by atoms with E-state index in [1.165, 1.54) is 6.07 Å². The molecule has 0 radical (unpaired) electrons. The highest BCUT2D eigenvalue weighted by atomic mass is 19.4. The smallest absolute Gasteiger partial charge is 0.323 e. The van der Waals surface area contributed by atoms with E-state index in [1.54, 1.807) is 4.90 Å². The lowest BCUT2D eigenvalue weighted by atomic mass is 9.95. The van der Waals surface area contributed by atoms with Crippen molar-refractivity contribution in [1.82, 2.24) is 4.90 Å². The van der Waals surface area contributed by atoms with Crippen molar-refractivity contribution in [1.29, 1.82) is 0 Å². The number of rotatable bonds is 3. The van der Waals surface area contributed by atoms with Gasteiger partial charge in [0.2, 0.25) is 0 Å². The lowest BCUT2D eigenvalue weighted by molar-refractivity contribution is -0.185. The average Bonchev–Trinajstić information content (AvgIpc) is 2.38. The second kappa shape index (κ2) is 6.27. The first-order valence-electron chi connectivity index (χ1n) is 6.77. The molecule has 1 atom stereocenters. The molecule has 0 saturated carbocycles. The van der Waals surface area contributed by atoms with E-state index < -0.39 is 29.8 Å². The first-order valence-corrected chi connectivity index (χ1v) is 6.77. The highest BCUT2D eigenvalue weighted by Gasteiger charge is 2.41. The van der Waals surface area contributed by atoms with Crippen LogP contribution in [0.25, 0.3) is 0 Å². The van der Waals surface area contributed by atoms with E-state index in [4.69, 9.17) is 5.73 Å². The van der Waals surface area contributed by atoms with Crippen LogP contribution in [0.5, 0.6) is 0 Å². The Labute approximate surface area is 119 Å². The maximum Gasteiger partial charge on any atom is 0.391 e. The molecule has 1 aromatic carbocycles. The van der Waals surface area contributed by atoms with Crippen molar-refractivity contribution in [3.05, 3.63) is 35.4 Å².